The summed E-state index contributed by atoms with van der Waals surface area (Å²) in [5.74, 6) is 7.94. The fourth-order valence-electron chi connectivity index (χ4n) is 3.29. The van der Waals surface area contributed by atoms with E-state index in [9.17, 15) is 0 Å². The van der Waals surface area contributed by atoms with E-state index in [0.717, 1.165) is 11.5 Å². The second-order valence-corrected chi connectivity index (χ2v) is 6.59. The zero-order valence-electron chi connectivity index (χ0n) is 14.2. The van der Waals surface area contributed by atoms with Crippen molar-refractivity contribution in [1.82, 2.24) is 0 Å². The lowest BCUT2D eigenvalue weighted by Gasteiger charge is -2.26. The Morgan fingerprint density at radius 1 is 1.04 bits per heavy atom. The van der Waals surface area contributed by atoms with Crippen LogP contribution in [-0.4, -0.2) is 0 Å². The van der Waals surface area contributed by atoms with Crippen molar-refractivity contribution in [2.24, 2.45) is 11.8 Å². The highest BCUT2D eigenvalue weighted by molar-refractivity contribution is 5.41. The SMILES string of the molecule is CCCCCC1CCC(/C=C/C#Cc2ccc(C#N)cc2)CC1. The molecule has 0 aliphatic heterocycles. The zero-order valence-corrected chi connectivity index (χ0v) is 14.2. The first-order chi connectivity index (χ1) is 11.3. The van der Waals surface area contributed by atoms with Crippen molar-refractivity contribution in [2.75, 3.05) is 0 Å². The van der Waals surface area contributed by atoms with E-state index in [4.69, 9.17) is 5.26 Å². The van der Waals surface area contributed by atoms with Gasteiger partial charge in [-0.05, 0) is 67.9 Å². The highest BCUT2D eigenvalue weighted by Gasteiger charge is 2.18. The molecule has 0 N–H and O–H groups in total. The lowest BCUT2D eigenvalue weighted by molar-refractivity contribution is 0.289. The molecule has 0 radical (unpaired) electrons. The third-order valence-electron chi connectivity index (χ3n) is 4.79. The number of rotatable bonds is 5. The topological polar surface area (TPSA) is 23.8 Å². The average molecular weight is 305 g/mol. The molecule has 1 aliphatic carbocycles. The summed E-state index contributed by atoms with van der Waals surface area (Å²) in [5, 5.41) is 8.77. The van der Waals surface area contributed by atoms with Crippen LogP contribution in [0.1, 0.15) is 69.4 Å². The van der Waals surface area contributed by atoms with Crippen LogP contribution in [0.3, 0.4) is 0 Å². The van der Waals surface area contributed by atoms with Gasteiger partial charge in [-0.2, -0.15) is 5.26 Å². The fourth-order valence-corrected chi connectivity index (χ4v) is 3.29. The molecule has 23 heavy (non-hydrogen) atoms. The van der Waals surface area contributed by atoms with Crippen LogP contribution in [0.25, 0.3) is 0 Å². The van der Waals surface area contributed by atoms with Crippen molar-refractivity contribution in [3.8, 4) is 17.9 Å². The summed E-state index contributed by atoms with van der Waals surface area (Å²) in [5.41, 5.74) is 1.65. The zero-order chi connectivity index (χ0) is 16.3. The van der Waals surface area contributed by atoms with Crippen molar-refractivity contribution in [2.45, 2.75) is 58.3 Å². The van der Waals surface area contributed by atoms with E-state index in [1.165, 1.54) is 51.4 Å². The number of unbranched alkanes of at least 4 members (excludes halogenated alkanes) is 2. The Kier molecular flexibility index (Phi) is 7.48. The standard InChI is InChI=1S/C22H27N/c1-2-3-4-7-19-10-12-20(13-11-19)8-5-6-9-21-14-16-22(18-23)17-15-21/h5,8,14-17,19-20H,2-4,7,10-13H2,1H3/b8-5+. The number of hydrogen-bond donors (Lipinski definition) is 0. The van der Waals surface area contributed by atoms with E-state index in [1.54, 1.807) is 0 Å². The lowest BCUT2D eigenvalue weighted by Crippen LogP contribution is -2.12. The van der Waals surface area contributed by atoms with Crippen molar-refractivity contribution < 1.29 is 0 Å². The molecule has 1 heteroatoms. The molecule has 2 rings (SSSR count). The minimum absolute atomic E-state index is 0.682. The predicted molar refractivity (Wildman–Crippen MR) is 96.8 cm³/mol. The fraction of sp³-hybridized carbons (Fsp3) is 0.500. The molecule has 1 nitrogen and oxygen atoms in total. The summed E-state index contributed by atoms with van der Waals surface area (Å²) in [6, 6.07) is 9.56. The van der Waals surface area contributed by atoms with Crippen LogP contribution < -0.4 is 0 Å². The minimum Gasteiger partial charge on any atom is -0.192 e. The van der Waals surface area contributed by atoms with Gasteiger partial charge >= 0.3 is 0 Å². The molecule has 1 aliphatic rings. The lowest BCUT2D eigenvalue weighted by atomic mass is 9.79. The van der Waals surface area contributed by atoms with Crippen molar-refractivity contribution >= 4 is 0 Å². The van der Waals surface area contributed by atoms with E-state index >= 15 is 0 Å². The van der Waals surface area contributed by atoms with Crippen LogP contribution in [0.2, 0.25) is 0 Å². The number of hydrogen-bond acceptors (Lipinski definition) is 1. The molecule has 0 unspecified atom stereocenters. The van der Waals surface area contributed by atoms with Crippen LogP contribution in [0.15, 0.2) is 36.4 Å². The molecule has 1 aromatic carbocycles. The summed E-state index contributed by atoms with van der Waals surface area (Å²) >= 11 is 0. The van der Waals surface area contributed by atoms with Gasteiger partial charge in [-0.1, -0.05) is 50.5 Å². The van der Waals surface area contributed by atoms with Gasteiger partial charge in [0.05, 0.1) is 11.6 Å². The van der Waals surface area contributed by atoms with Gasteiger partial charge < -0.3 is 0 Å². The number of nitrogens with zero attached hydrogens (tertiary/aromatic N) is 1. The summed E-state index contributed by atoms with van der Waals surface area (Å²) in [7, 11) is 0. The van der Waals surface area contributed by atoms with Gasteiger partial charge in [0.15, 0.2) is 0 Å². The van der Waals surface area contributed by atoms with E-state index < -0.39 is 0 Å². The van der Waals surface area contributed by atoms with Crippen molar-refractivity contribution in [1.29, 1.82) is 5.26 Å². The van der Waals surface area contributed by atoms with Crippen molar-refractivity contribution in [3.63, 3.8) is 0 Å². The van der Waals surface area contributed by atoms with Gasteiger partial charge in [0, 0.05) is 5.56 Å². The average Bonchev–Trinajstić information content (AvgIpc) is 2.61. The largest absolute Gasteiger partial charge is 0.192 e. The summed E-state index contributed by atoms with van der Waals surface area (Å²) in [4.78, 5) is 0. The quantitative estimate of drug-likeness (QED) is 0.494. The highest BCUT2D eigenvalue weighted by atomic mass is 14.2. The second-order valence-electron chi connectivity index (χ2n) is 6.59. The number of allylic oxidation sites excluding steroid dienone is 2. The van der Waals surface area contributed by atoms with Crippen LogP contribution in [0.5, 0.6) is 0 Å². The third-order valence-corrected chi connectivity index (χ3v) is 4.79. The first kappa shape index (κ1) is 17.4. The molecule has 120 valence electrons. The van der Waals surface area contributed by atoms with E-state index in [1.807, 2.05) is 30.3 Å². The molecule has 1 fully saturated rings. The Bertz CT molecular complexity index is 584. The summed E-state index contributed by atoms with van der Waals surface area (Å²) in [6.07, 6.45) is 15.3. The Morgan fingerprint density at radius 3 is 2.39 bits per heavy atom. The van der Waals surface area contributed by atoms with Crippen LogP contribution in [0, 0.1) is 35.0 Å². The Balaban J connectivity index is 1.73. The maximum atomic E-state index is 8.77. The van der Waals surface area contributed by atoms with Crippen LogP contribution in [0.4, 0.5) is 0 Å². The second kappa shape index (κ2) is 9.91. The Morgan fingerprint density at radius 2 is 1.74 bits per heavy atom. The molecular formula is C22H27N. The molecule has 0 aromatic heterocycles. The highest BCUT2D eigenvalue weighted by Crippen LogP contribution is 2.32. The summed E-state index contributed by atoms with van der Waals surface area (Å²) < 4.78 is 0. The molecule has 1 saturated carbocycles. The molecule has 1 aromatic rings. The van der Waals surface area contributed by atoms with E-state index in [-0.39, 0.29) is 0 Å². The van der Waals surface area contributed by atoms with Crippen LogP contribution in [-0.2, 0) is 0 Å². The third kappa shape index (κ3) is 6.33. The van der Waals surface area contributed by atoms with Crippen molar-refractivity contribution in [3.05, 3.63) is 47.5 Å². The predicted octanol–water partition coefficient (Wildman–Crippen LogP) is 5.85. The monoisotopic (exact) mass is 305 g/mol. The van der Waals surface area contributed by atoms with Crippen LogP contribution >= 0.6 is 0 Å². The van der Waals surface area contributed by atoms with Gasteiger partial charge in [-0.15, -0.1) is 0 Å². The molecule has 0 amide bonds. The van der Waals surface area contributed by atoms with Gasteiger partial charge in [-0.3, -0.25) is 0 Å². The maximum Gasteiger partial charge on any atom is 0.0991 e. The van der Waals surface area contributed by atoms with E-state index in [2.05, 4.69) is 30.9 Å². The first-order valence-electron chi connectivity index (χ1n) is 9.00. The Labute approximate surface area is 141 Å². The molecular weight excluding hydrogens is 278 g/mol. The maximum absolute atomic E-state index is 8.77. The minimum atomic E-state index is 0.682. The smallest absolute Gasteiger partial charge is 0.0991 e. The van der Waals surface area contributed by atoms with Gasteiger partial charge in [0.2, 0.25) is 0 Å². The molecule has 0 bridgehead atoms. The molecule has 0 saturated heterocycles. The first-order valence-corrected chi connectivity index (χ1v) is 9.00. The number of benzene rings is 1. The summed E-state index contributed by atoms with van der Waals surface area (Å²) in [6.45, 7) is 2.28. The Hall–Kier alpha value is -1.99. The van der Waals surface area contributed by atoms with E-state index in [0.29, 0.717) is 11.5 Å². The van der Waals surface area contributed by atoms with Gasteiger partial charge in [-0.25, -0.2) is 0 Å². The number of nitriles is 1. The van der Waals surface area contributed by atoms with Gasteiger partial charge in [0.1, 0.15) is 0 Å². The molecule has 0 spiro atoms. The molecule has 0 heterocycles. The normalized spacial score (nSPS) is 20.7. The molecule has 0 atom stereocenters. The van der Waals surface area contributed by atoms with Gasteiger partial charge in [0.25, 0.3) is 0 Å².